The van der Waals surface area contributed by atoms with Crippen molar-refractivity contribution in [2.75, 3.05) is 0 Å². The van der Waals surface area contributed by atoms with Crippen molar-refractivity contribution in [3.63, 3.8) is 0 Å². The molecule has 0 aliphatic carbocycles. The van der Waals surface area contributed by atoms with Gasteiger partial charge in [0.15, 0.2) is 11.6 Å². The average Bonchev–Trinajstić information content (AvgIpc) is 2.27. The standard InChI is InChI=1S/C12H10F2N2S/c1-6-11(15-7(2)16-12(6)17)8-3-4-9(13)10(14)5-8/h3-5H,1-2H3,(H,15,16,17). The first-order chi connectivity index (χ1) is 7.99. The number of aromatic amines is 1. The summed E-state index contributed by atoms with van der Waals surface area (Å²) in [5.41, 5.74) is 1.97. The molecule has 0 fully saturated rings. The van der Waals surface area contributed by atoms with Crippen molar-refractivity contribution in [1.82, 2.24) is 9.97 Å². The van der Waals surface area contributed by atoms with Crippen molar-refractivity contribution in [3.05, 3.63) is 45.9 Å². The van der Waals surface area contributed by atoms with E-state index in [0.29, 0.717) is 21.7 Å². The number of nitrogens with zero attached hydrogens (tertiary/aromatic N) is 1. The first kappa shape index (κ1) is 11.9. The summed E-state index contributed by atoms with van der Waals surface area (Å²) >= 11 is 5.09. The molecule has 0 atom stereocenters. The SMILES string of the molecule is Cc1nc(=S)c(C)c(-c2ccc(F)c(F)c2)[nH]1. The molecular formula is C12H10F2N2S. The summed E-state index contributed by atoms with van der Waals surface area (Å²) in [6, 6.07) is 3.74. The molecule has 1 aromatic heterocycles. The minimum absolute atomic E-state index is 0.459. The molecule has 0 bridgehead atoms. The highest BCUT2D eigenvalue weighted by atomic mass is 32.1. The number of aromatic nitrogens is 2. The first-order valence-corrected chi connectivity index (χ1v) is 5.43. The van der Waals surface area contributed by atoms with Crippen LogP contribution in [-0.4, -0.2) is 9.97 Å². The van der Waals surface area contributed by atoms with Crippen LogP contribution in [0.3, 0.4) is 0 Å². The Morgan fingerprint density at radius 2 is 1.88 bits per heavy atom. The second-order valence-electron chi connectivity index (χ2n) is 3.76. The highest BCUT2D eigenvalue weighted by Crippen LogP contribution is 2.23. The molecule has 0 unspecified atom stereocenters. The van der Waals surface area contributed by atoms with E-state index >= 15 is 0 Å². The second kappa shape index (κ2) is 4.33. The molecule has 5 heteroatoms. The van der Waals surface area contributed by atoms with Crippen LogP contribution in [0.4, 0.5) is 8.78 Å². The van der Waals surface area contributed by atoms with E-state index in [-0.39, 0.29) is 0 Å². The van der Waals surface area contributed by atoms with Crippen molar-refractivity contribution < 1.29 is 8.78 Å². The van der Waals surface area contributed by atoms with Crippen LogP contribution < -0.4 is 0 Å². The molecule has 2 rings (SSSR count). The molecule has 1 heterocycles. The summed E-state index contributed by atoms with van der Waals surface area (Å²) in [7, 11) is 0. The number of aryl methyl sites for hydroxylation is 1. The summed E-state index contributed by atoms with van der Waals surface area (Å²) in [6.07, 6.45) is 0. The molecule has 0 spiro atoms. The minimum Gasteiger partial charge on any atom is -0.343 e. The first-order valence-electron chi connectivity index (χ1n) is 5.02. The van der Waals surface area contributed by atoms with Gasteiger partial charge in [-0.3, -0.25) is 0 Å². The lowest BCUT2D eigenvalue weighted by Crippen LogP contribution is -1.97. The average molecular weight is 252 g/mol. The monoisotopic (exact) mass is 252 g/mol. The van der Waals surface area contributed by atoms with E-state index in [4.69, 9.17) is 12.2 Å². The van der Waals surface area contributed by atoms with Crippen LogP contribution in [-0.2, 0) is 0 Å². The molecule has 0 saturated heterocycles. The fourth-order valence-corrected chi connectivity index (χ4v) is 1.83. The Hall–Kier alpha value is -1.62. The zero-order valence-corrected chi connectivity index (χ0v) is 10.2. The van der Waals surface area contributed by atoms with Gasteiger partial charge in [0.25, 0.3) is 0 Å². The Kier molecular flexibility index (Phi) is 3.02. The number of nitrogens with one attached hydrogen (secondary N) is 1. The maximum absolute atomic E-state index is 13.2. The number of H-pyrrole nitrogens is 1. The molecule has 0 radical (unpaired) electrons. The molecule has 2 aromatic rings. The largest absolute Gasteiger partial charge is 0.343 e. The molecule has 88 valence electrons. The van der Waals surface area contributed by atoms with Gasteiger partial charge in [-0.25, -0.2) is 13.8 Å². The maximum Gasteiger partial charge on any atom is 0.159 e. The zero-order chi connectivity index (χ0) is 12.6. The van der Waals surface area contributed by atoms with Crippen molar-refractivity contribution in [3.8, 4) is 11.3 Å². The fourth-order valence-electron chi connectivity index (χ4n) is 1.59. The lowest BCUT2D eigenvalue weighted by Gasteiger charge is -2.08. The van der Waals surface area contributed by atoms with Crippen LogP contribution in [0.1, 0.15) is 11.4 Å². The Morgan fingerprint density at radius 1 is 1.18 bits per heavy atom. The summed E-state index contributed by atoms with van der Waals surface area (Å²) in [6.45, 7) is 3.56. The molecule has 0 aliphatic rings. The molecule has 0 saturated carbocycles. The van der Waals surface area contributed by atoms with E-state index in [1.807, 2.05) is 0 Å². The van der Waals surface area contributed by atoms with Gasteiger partial charge in [0.1, 0.15) is 10.5 Å². The van der Waals surface area contributed by atoms with Crippen LogP contribution >= 0.6 is 12.2 Å². The lowest BCUT2D eigenvalue weighted by molar-refractivity contribution is 0.509. The maximum atomic E-state index is 13.2. The fraction of sp³-hybridized carbons (Fsp3) is 0.167. The third-order valence-electron chi connectivity index (χ3n) is 2.48. The van der Waals surface area contributed by atoms with E-state index < -0.39 is 11.6 Å². The summed E-state index contributed by atoms with van der Waals surface area (Å²) < 4.78 is 26.5. The van der Waals surface area contributed by atoms with E-state index in [1.165, 1.54) is 6.07 Å². The summed E-state index contributed by atoms with van der Waals surface area (Å²) in [5.74, 6) is -1.10. The van der Waals surface area contributed by atoms with Crippen LogP contribution in [0, 0.1) is 30.1 Å². The molecule has 17 heavy (non-hydrogen) atoms. The number of hydrogen-bond acceptors (Lipinski definition) is 2. The van der Waals surface area contributed by atoms with Gasteiger partial charge in [0.2, 0.25) is 0 Å². The molecule has 2 nitrogen and oxygen atoms in total. The van der Waals surface area contributed by atoms with Crippen LogP contribution in [0.2, 0.25) is 0 Å². The van der Waals surface area contributed by atoms with Crippen LogP contribution in [0.15, 0.2) is 18.2 Å². The van der Waals surface area contributed by atoms with Gasteiger partial charge in [-0.05, 0) is 32.0 Å². The van der Waals surface area contributed by atoms with Gasteiger partial charge in [-0.1, -0.05) is 12.2 Å². The van der Waals surface area contributed by atoms with Gasteiger partial charge in [-0.15, -0.1) is 0 Å². The van der Waals surface area contributed by atoms with Gasteiger partial charge < -0.3 is 4.98 Å². The Balaban J connectivity index is 2.68. The van der Waals surface area contributed by atoms with E-state index in [2.05, 4.69) is 9.97 Å². The highest BCUT2D eigenvalue weighted by molar-refractivity contribution is 7.71. The zero-order valence-electron chi connectivity index (χ0n) is 9.34. The number of halogens is 2. The third kappa shape index (κ3) is 2.24. The Labute approximate surface area is 102 Å². The summed E-state index contributed by atoms with van der Waals surface area (Å²) in [4.78, 5) is 7.10. The molecule has 0 amide bonds. The van der Waals surface area contributed by atoms with Gasteiger partial charge in [0.05, 0.1) is 5.69 Å². The Bertz CT molecular complexity index is 635. The quantitative estimate of drug-likeness (QED) is 0.784. The van der Waals surface area contributed by atoms with Crippen LogP contribution in [0.25, 0.3) is 11.3 Å². The Morgan fingerprint density at radius 3 is 2.53 bits per heavy atom. The predicted octanol–water partition coefficient (Wildman–Crippen LogP) is 3.70. The van der Waals surface area contributed by atoms with E-state index in [9.17, 15) is 8.78 Å². The van der Waals surface area contributed by atoms with Crippen molar-refractivity contribution in [1.29, 1.82) is 0 Å². The lowest BCUT2D eigenvalue weighted by atomic mass is 10.1. The highest BCUT2D eigenvalue weighted by Gasteiger charge is 2.09. The number of rotatable bonds is 1. The number of hydrogen-bond donors (Lipinski definition) is 1. The minimum atomic E-state index is -0.879. The molecular weight excluding hydrogens is 242 g/mol. The number of benzene rings is 1. The predicted molar refractivity (Wildman–Crippen MR) is 64.2 cm³/mol. The van der Waals surface area contributed by atoms with Crippen LogP contribution in [0.5, 0.6) is 0 Å². The van der Waals surface area contributed by atoms with E-state index in [1.54, 1.807) is 13.8 Å². The van der Waals surface area contributed by atoms with Crippen molar-refractivity contribution in [2.24, 2.45) is 0 Å². The van der Waals surface area contributed by atoms with Crippen molar-refractivity contribution >= 4 is 12.2 Å². The van der Waals surface area contributed by atoms with Gasteiger partial charge >= 0.3 is 0 Å². The van der Waals surface area contributed by atoms with Crippen molar-refractivity contribution in [2.45, 2.75) is 13.8 Å². The molecule has 1 aromatic carbocycles. The smallest absolute Gasteiger partial charge is 0.159 e. The topological polar surface area (TPSA) is 28.7 Å². The molecule has 0 aliphatic heterocycles. The normalized spacial score (nSPS) is 10.6. The third-order valence-corrected chi connectivity index (χ3v) is 2.88. The van der Waals surface area contributed by atoms with Gasteiger partial charge in [0, 0.05) is 11.1 Å². The van der Waals surface area contributed by atoms with Gasteiger partial charge in [-0.2, -0.15) is 0 Å². The molecule has 1 N–H and O–H groups in total. The van der Waals surface area contributed by atoms with E-state index in [0.717, 1.165) is 17.7 Å². The second-order valence-corrected chi connectivity index (χ2v) is 4.14. The summed E-state index contributed by atoms with van der Waals surface area (Å²) in [5, 5.41) is 0.